The van der Waals surface area contributed by atoms with Crippen molar-refractivity contribution in [2.24, 2.45) is 5.73 Å². The van der Waals surface area contributed by atoms with E-state index in [0.717, 1.165) is 18.4 Å². The number of carbonyl (C=O) groups is 1. The van der Waals surface area contributed by atoms with Crippen LogP contribution in [0.5, 0.6) is 5.75 Å². The van der Waals surface area contributed by atoms with E-state index in [9.17, 15) is 9.90 Å². The van der Waals surface area contributed by atoms with Crippen LogP contribution in [0.15, 0.2) is 24.3 Å². The van der Waals surface area contributed by atoms with Crippen LogP contribution < -0.4 is 5.73 Å². The molecule has 1 aromatic rings. The van der Waals surface area contributed by atoms with Gasteiger partial charge in [0.2, 0.25) is 5.91 Å². The largest absolute Gasteiger partial charge is 0.508 e. The number of nitrogens with zero attached hydrogens (tertiary/aromatic N) is 1. The minimum atomic E-state index is -0.483. The van der Waals surface area contributed by atoms with Crippen LogP contribution in [0.3, 0.4) is 0 Å². The van der Waals surface area contributed by atoms with E-state index < -0.39 is 5.54 Å². The van der Waals surface area contributed by atoms with Crippen LogP contribution in [0.1, 0.15) is 38.7 Å². The molecular weight excluding hydrogens is 240 g/mol. The number of phenolic OH excluding ortho intramolecular Hbond substituents is 1. The number of hydrogen-bond acceptors (Lipinski definition) is 3. The summed E-state index contributed by atoms with van der Waals surface area (Å²) in [5.41, 5.74) is 6.40. The zero-order valence-electron chi connectivity index (χ0n) is 11.6. The molecule has 0 heterocycles. The van der Waals surface area contributed by atoms with Crippen molar-refractivity contribution in [3.05, 3.63) is 29.8 Å². The molecule has 0 unspecified atom stereocenters. The second kappa shape index (κ2) is 5.21. The fourth-order valence-corrected chi connectivity index (χ4v) is 2.15. The van der Waals surface area contributed by atoms with Gasteiger partial charge in [-0.3, -0.25) is 4.79 Å². The number of nitrogens with two attached hydrogens (primary N) is 1. The highest BCUT2D eigenvalue weighted by Gasteiger charge is 2.34. The summed E-state index contributed by atoms with van der Waals surface area (Å²) in [6.45, 7) is 4.28. The zero-order valence-corrected chi connectivity index (χ0v) is 11.6. The molecule has 0 atom stereocenters. The highest BCUT2D eigenvalue weighted by molar-refractivity contribution is 5.78. The summed E-state index contributed by atoms with van der Waals surface area (Å²) in [5.74, 6) is 0.332. The molecule has 1 aliphatic carbocycles. The lowest BCUT2D eigenvalue weighted by atomic mass is 10.0. The van der Waals surface area contributed by atoms with Crippen LogP contribution in [-0.2, 0) is 11.3 Å². The number of amides is 1. The van der Waals surface area contributed by atoms with E-state index >= 15 is 0 Å². The smallest absolute Gasteiger partial charge is 0.224 e. The normalized spacial score (nSPS) is 15.3. The topological polar surface area (TPSA) is 66.6 Å². The van der Waals surface area contributed by atoms with E-state index in [-0.39, 0.29) is 11.7 Å². The number of rotatable bonds is 5. The Morgan fingerprint density at radius 2 is 2.16 bits per heavy atom. The maximum Gasteiger partial charge on any atom is 0.224 e. The molecule has 0 aliphatic heterocycles. The van der Waals surface area contributed by atoms with Gasteiger partial charge in [0.15, 0.2) is 0 Å². The molecule has 2 rings (SSSR count). The first kappa shape index (κ1) is 13.9. The second-order valence-corrected chi connectivity index (χ2v) is 6.09. The summed E-state index contributed by atoms with van der Waals surface area (Å²) in [5, 5.41) is 9.48. The molecule has 0 aromatic heterocycles. The van der Waals surface area contributed by atoms with Gasteiger partial charge in [-0.15, -0.1) is 0 Å². The van der Waals surface area contributed by atoms with Crippen molar-refractivity contribution >= 4 is 5.91 Å². The predicted molar refractivity (Wildman–Crippen MR) is 74.6 cm³/mol. The van der Waals surface area contributed by atoms with Crippen molar-refractivity contribution in [2.45, 2.75) is 51.2 Å². The quantitative estimate of drug-likeness (QED) is 0.853. The summed E-state index contributed by atoms with van der Waals surface area (Å²) >= 11 is 0. The second-order valence-electron chi connectivity index (χ2n) is 6.09. The van der Waals surface area contributed by atoms with Crippen LogP contribution >= 0.6 is 0 Å². The molecule has 0 saturated heterocycles. The zero-order chi connectivity index (χ0) is 14.0. The van der Waals surface area contributed by atoms with Gasteiger partial charge in [-0.05, 0) is 44.4 Å². The average Bonchev–Trinajstić information content (AvgIpc) is 3.07. The predicted octanol–water partition coefficient (Wildman–Crippen LogP) is 2.01. The monoisotopic (exact) mass is 262 g/mol. The van der Waals surface area contributed by atoms with Gasteiger partial charge >= 0.3 is 0 Å². The minimum Gasteiger partial charge on any atom is -0.508 e. The highest BCUT2D eigenvalue weighted by atomic mass is 16.3. The van der Waals surface area contributed by atoms with Crippen molar-refractivity contribution in [1.82, 2.24) is 4.90 Å². The van der Waals surface area contributed by atoms with Crippen LogP contribution in [0.4, 0.5) is 0 Å². The molecule has 0 bridgehead atoms. The Kier molecular flexibility index (Phi) is 3.80. The molecule has 1 aromatic carbocycles. The number of aromatic hydroxyl groups is 1. The van der Waals surface area contributed by atoms with Crippen LogP contribution in [0.2, 0.25) is 0 Å². The summed E-state index contributed by atoms with van der Waals surface area (Å²) in [4.78, 5) is 14.2. The summed E-state index contributed by atoms with van der Waals surface area (Å²) in [6, 6.07) is 7.41. The maximum absolute atomic E-state index is 12.3. The molecule has 4 heteroatoms. The molecule has 19 heavy (non-hydrogen) atoms. The highest BCUT2D eigenvalue weighted by Crippen LogP contribution is 2.30. The summed E-state index contributed by atoms with van der Waals surface area (Å²) in [6.07, 6.45) is 2.48. The van der Waals surface area contributed by atoms with Gasteiger partial charge < -0.3 is 15.7 Å². The first-order valence-electron chi connectivity index (χ1n) is 6.71. The van der Waals surface area contributed by atoms with Gasteiger partial charge in [-0.1, -0.05) is 12.1 Å². The molecule has 0 spiro atoms. The minimum absolute atomic E-state index is 0.0957. The van der Waals surface area contributed by atoms with E-state index in [1.54, 1.807) is 18.2 Å². The van der Waals surface area contributed by atoms with E-state index in [0.29, 0.717) is 19.0 Å². The maximum atomic E-state index is 12.3. The Morgan fingerprint density at radius 3 is 2.68 bits per heavy atom. The van der Waals surface area contributed by atoms with Crippen LogP contribution in [0.25, 0.3) is 0 Å². The number of carbonyl (C=O) groups excluding carboxylic acids is 1. The van der Waals surface area contributed by atoms with Gasteiger partial charge in [-0.2, -0.15) is 0 Å². The van der Waals surface area contributed by atoms with Crippen molar-refractivity contribution < 1.29 is 9.90 Å². The number of benzene rings is 1. The van der Waals surface area contributed by atoms with E-state index in [2.05, 4.69) is 0 Å². The molecule has 0 radical (unpaired) electrons. The molecule has 1 saturated carbocycles. The lowest BCUT2D eigenvalue weighted by Crippen LogP contribution is -2.41. The van der Waals surface area contributed by atoms with Crippen molar-refractivity contribution in [2.75, 3.05) is 0 Å². The van der Waals surface area contributed by atoms with Gasteiger partial charge in [0.1, 0.15) is 5.75 Å². The summed E-state index contributed by atoms with van der Waals surface area (Å²) in [7, 11) is 0. The lowest BCUT2D eigenvalue weighted by Gasteiger charge is -2.27. The Labute approximate surface area is 114 Å². The fourth-order valence-electron chi connectivity index (χ4n) is 2.15. The van der Waals surface area contributed by atoms with Crippen molar-refractivity contribution in [3.8, 4) is 5.75 Å². The van der Waals surface area contributed by atoms with Crippen LogP contribution in [0, 0.1) is 0 Å². The van der Waals surface area contributed by atoms with Gasteiger partial charge in [-0.25, -0.2) is 0 Å². The van der Waals surface area contributed by atoms with Gasteiger partial charge in [0.25, 0.3) is 0 Å². The van der Waals surface area contributed by atoms with Gasteiger partial charge in [0.05, 0.1) is 0 Å². The standard InChI is InChI=1S/C15H22N2O2/c1-15(2,16)9-14(19)17(12-6-7-12)10-11-4-3-5-13(18)8-11/h3-5,8,12,18H,6-7,9-10,16H2,1-2H3. The molecule has 1 amide bonds. The molecule has 1 fully saturated rings. The van der Waals surface area contributed by atoms with Gasteiger partial charge in [0, 0.05) is 24.5 Å². The first-order valence-corrected chi connectivity index (χ1v) is 6.71. The third-order valence-electron chi connectivity index (χ3n) is 3.18. The molecular formula is C15H22N2O2. The Hall–Kier alpha value is -1.55. The SMILES string of the molecule is CC(C)(N)CC(=O)N(Cc1cccc(O)c1)C1CC1. The van der Waals surface area contributed by atoms with Crippen molar-refractivity contribution in [1.29, 1.82) is 0 Å². The average molecular weight is 262 g/mol. The fraction of sp³-hybridized carbons (Fsp3) is 0.533. The third-order valence-corrected chi connectivity index (χ3v) is 3.18. The number of phenols is 1. The Morgan fingerprint density at radius 1 is 1.47 bits per heavy atom. The molecule has 104 valence electrons. The van der Waals surface area contributed by atoms with Crippen molar-refractivity contribution in [3.63, 3.8) is 0 Å². The van der Waals surface area contributed by atoms with E-state index in [1.165, 1.54) is 0 Å². The number of hydrogen-bond donors (Lipinski definition) is 2. The Balaban J connectivity index is 2.06. The Bertz CT molecular complexity index is 461. The van der Waals surface area contributed by atoms with Crippen LogP contribution in [-0.4, -0.2) is 27.5 Å². The van der Waals surface area contributed by atoms with E-state index in [4.69, 9.17) is 5.73 Å². The van der Waals surface area contributed by atoms with E-state index in [1.807, 2.05) is 24.8 Å². The third kappa shape index (κ3) is 4.24. The molecule has 1 aliphatic rings. The lowest BCUT2D eigenvalue weighted by molar-refractivity contribution is -0.133. The molecule has 4 nitrogen and oxygen atoms in total. The molecule has 3 N–H and O–H groups in total. The first-order chi connectivity index (χ1) is 8.85. The summed E-state index contributed by atoms with van der Waals surface area (Å²) < 4.78 is 0.